The van der Waals surface area contributed by atoms with Crippen LogP contribution in [0.3, 0.4) is 0 Å². The van der Waals surface area contributed by atoms with Gasteiger partial charge >= 0.3 is 6.09 Å². The third-order valence-electron chi connectivity index (χ3n) is 5.29. The third-order valence-corrected chi connectivity index (χ3v) is 5.29. The number of rotatable bonds is 8. The predicted molar refractivity (Wildman–Crippen MR) is 108 cm³/mol. The summed E-state index contributed by atoms with van der Waals surface area (Å²) in [6.45, 7) is 8.84. The van der Waals surface area contributed by atoms with E-state index in [9.17, 15) is 9.59 Å². The minimum absolute atomic E-state index is 0.00397. The number of unbranched alkanes of at least 4 members (excludes halogenated alkanes) is 6. The number of ether oxygens (including phenoxy) is 1. The maximum Gasteiger partial charge on any atom is 0.410 e. The zero-order valence-electron chi connectivity index (χ0n) is 17.6. The molecule has 2 amide bonds. The van der Waals surface area contributed by atoms with Crippen LogP contribution in [-0.2, 0) is 9.53 Å². The Morgan fingerprint density at radius 2 is 1.70 bits per heavy atom. The van der Waals surface area contributed by atoms with Gasteiger partial charge in [-0.05, 0) is 40.0 Å². The molecule has 1 spiro atoms. The Bertz CT molecular complexity index is 543. The van der Waals surface area contributed by atoms with Crippen LogP contribution in [0.4, 0.5) is 4.79 Å². The molecule has 0 saturated carbocycles. The summed E-state index contributed by atoms with van der Waals surface area (Å²) in [5.41, 5.74) is -1.17. The fourth-order valence-electron chi connectivity index (χ4n) is 3.68. The van der Waals surface area contributed by atoms with Crippen LogP contribution >= 0.6 is 0 Å². The van der Waals surface area contributed by atoms with Crippen LogP contribution in [0.1, 0.15) is 91.9 Å². The number of amidine groups is 1. The van der Waals surface area contributed by atoms with E-state index < -0.39 is 11.1 Å². The van der Waals surface area contributed by atoms with E-state index in [2.05, 4.69) is 12.2 Å². The molecular weight excluding hydrogens is 342 g/mol. The third kappa shape index (κ3) is 6.51. The Balaban J connectivity index is 1.76. The van der Waals surface area contributed by atoms with Gasteiger partial charge in [-0.15, -0.1) is 0 Å². The number of hydrogen-bond acceptors (Lipinski definition) is 4. The molecule has 0 radical (unpaired) electrons. The van der Waals surface area contributed by atoms with Gasteiger partial charge in [-0.3, -0.25) is 9.79 Å². The van der Waals surface area contributed by atoms with Crippen LogP contribution in [0, 0.1) is 0 Å². The molecule has 6 nitrogen and oxygen atoms in total. The lowest BCUT2D eigenvalue weighted by molar-refractivity contribution is -0.125. The number of amides is 2. The first-order chi connectivity index (χ1) is 12.8. The van der Waals surface area contributed by atoms with Crippen LogP contribution in [0.2, 0.25) is 0 Å². The van der Waals surface area contributed by atoms with Crippen LogP contribution in [0.25, 0.3) is 0 Å². The molecule has 6 heteroatoms. The Hall–Kier alpha value is -1.59. The van der Waals surface area contributed by atoms with Gasteiger partial charge in [-0.2, -0.15) is 0 Å². The Labute approximate surface area is 164 Å². The number of nitrogens with one attached hydrogen (secondary N) is 1. The second-order valence-corrected chi connectivity index (χ2v) is 8.88. The fraction of sp³-hybridized carbons (Fsp3) is 0.857. The number of carbonyl (C=O) groups excluding carboxylic acids is 2. The van der Waals surface area contributed by atoms with Crippen molar-refractivity contribution >= 4 is 17.8 Å². The highest BCUT2D eigenvalue weighted by atomic mass is 16.6. The number of nitrogens with zero attached hydrogens (tertiary/aromatic N) is 2. The first kappa shape index (κ1) is 21.7. The van der Waals surface area contributed by atoms with Crippen molar-refractivity contribution in [3.63, 3.8) is 0 Å². The zero-order chi connectivity index (χ0) is 19.9. The van der Waals surface area contributed by atoms with E-state index in [0.29, 0.717) is 25.9 Å². The minimum atomic E-state index is -0.672. The van der Waals surface area contributed by atoms with Crippen LogP contribution in [-0.4, -0.2) is 47.0 Å². The summed E-state index contributed by atoms with van der Waals surface area (Å²) in [6, 6.07) is 0. The summed E-state index contributed by atoms with van der Waals surface area (Å²) in [5.74, 6) is 0.837. The first-order valence-corrected chi connectivity index (χ1v) is 10.6. The molecule has 0 unspecified atom stereocenters. The summed E-state index contributed by atoms with van der Waals surface area (Å²) in [6.07, 6.45) is 10.4. The maximum absolute atomic E-state index is 12.5. The molecule has 0 bridgehead atoms. The molecule has 27 heavy (non-hydrogen) atoms. The smallest absolute Gasteiger partial charge is 0.410 e. The number of carbonyl (C=O) groups is 2. The molecule has 2 aliphatic heterocycles. The fourth-order valence-corrected chi connectivity index (χ4v) is 3.68. The SMILES string of the molecule is CCCCCCCCCC1=NC2(CCN(C(=O)OC(C)(C)C)CC2)C(=O)N1. The number of piperidine rings is 1. The van der Waals surface area contributed by atoms with Crippen molar-refractivity contribution in [1.82, 2.24) is 10.2 Å². The zero-order valence-corrected chi connectivity index (χ0v) is 17.6. The van der Waals surface area contributed by atoms with Crippen molar-refractivity contribution in [3.05, 3.63) is 0 Å². The van der Waals surface area contributed by atoms with Gasteiger partial charge in [0.15, 0.2) is 0 Å². The standard InChI is InChI=1S/C21H37N3O3/c1-5-6-7-8-9-10-11-12-17-22-18(25)21(23-17)13-15-24(16-14-21)19(26)27-20(2,3)4/h5-16H2,1-4H3,(H,22,23,25). The second kappa shape index (κ2) is 9.56. The Morgan fingerprint density at radius 3 is 2.30 bits per heavy atom. The molecule has 2 rings (SSSR count). The quantitative estimate of drug-likeness (QED) is 0.634. The molecule has 0 atom stereocenters. The van der Waals surface area contributed by atoms with Gasteiger partial charge < -0.3 is 15.0 Å². The monoisotopic (exact) mass is 379 g/mol. The molecule has 1 saturated heterocycles. The van der Waals surface area contributed by atoms with E-state index in [1.165, 1.54) is 38.5 Å². The van der Waals surface area contributed by atoms with Crippen molar-refractivity contribution in [2.75, 3.05) is 13.1 Å². The van der Waals surface area contributed by atoms with Gasteiger partial charge in [0.05, 0.1) is 0 Å². The van der Waals surface area contributed by atoms with Crippen molar-refractivity contribution in [2.24, 2.45) is 4.99 Å². The van der Waals surface area contributed by atoms with Crippen molar-refractivity contribution in [1.29, 1.82) is 0 Å². The molecule has 0 aromatic rings. The summed E-state index contributed by atoms with van der Waals surface area (Å²) in [4.78, 5) is 31.2. The van der Waals surface area contributed by atoms with E-state index in [1.807, 2.05) is 20.8 Å². The predicted octanol–water partition coefficient (Wildman–Crippen LogP) is 4.43. The van der Waals surface area contributed by atoms with E-state index in [0.717, 1.165) is 18.7 Å². The van der Waals surface area contributed by atoms with E-state index in [4.69, 9.17) is 9.73 Å². The molecule has 2 heterocycles. The summed E-state index contributed by atoms with van der Waals surface area (Å²) in [5, 5.41) is 2.98. The van der Waals surface area contributed by atoms with Gasteiger partial charge in [-0.25, -0.2) is 4.79 Å². The maximum atomic E-state index is 12.5. The second-order valence-electron chi connectivity index (χ2n) is 8.88. The summed E-state index contributed by atoms with van der Waals surface area (Å²) in [7, 11) is 0. The molecule has 0 aliphatic carbocycles. The van der Waals surface area contributed by atoms with Crippen molar-refractivity contribution < 1.29 is 14.3 Å². The average molecular weight is 380 g/mol. The van der Waals surface area contributed by atoms with E-state index in [-0.39, 0.29) is 12.0 Å². The van der Waals surface area contributed by atoms with Gasteiger partial charge in [0.2, 0.25) is 0 Å². The van der Waals surface area contributed by atoms with Crippen molar-refractivity contribution in [3.8, 4) is 0 Å². The van der Waals surface area contributed by atoms with Gasteiger partial charge in [0.1, 0.15) is 17.0 Å². The van der Waals surface area contributed by atoms with Gasteiger partial charge in [-0.1, -0.05) is 45.4 Å². The highest BCUT2D eigenvalue weighted by molar-refractivity contribution is 6.08. The van der Waals surface area contributed by atoms with E-state index >= 15 is 0 Å². The van der Waals surface area contributed by atoms with Crippen LogP contribution < -0.4 is 5.32 Å². The molecule has 2 aliphatic rings. The van der Waals surface area contributed by atoms with Crippen LogP contribution in [0.15, 0.2) is 4.99 Å². The number of aliphatic imine (C=N–C) groups is 1. The Morgan fingerprint density at radius 1 is 1.11 bits per heavy atom. The normalized spacial score (nSPS) is 19.2. The minimum Gasteiger partial charge on any atom is -0.444 e. The molecule has 1 fully saturated rings. The van der Waals surface area contributed by atoms with Gasteiger partial charge in [0, 0.05) is 19.5 Å². The topological polar surface area (TPSA) is 71.0 Å². The van der Waals surface area contributed by atoms with Gasteiger partial charge in [0.25, 0.3) is 5.91 Å². The Kier molecular flexibility index (Phi) is 7.68. The summed E-state index contributed by atoms with van der Waals surface area (Å²) < 4.78 is 5.43. The number of hydrogen-bond donors (Lipinski definition) is 1. The highest BCUT2D eigenvalue weighted by Gasteiger charge is 2.46. The first-order valence-electron chi connectivity index (χ1n) is 10.6. The molecule has 1 N–H and O–H groups in total. The average Bonchev–Trinajstić information content (AvgIpc) is 2.88. The summed E-state index contributed by atoms with van der Waals surface area (Å²) >= 11 is 0. The highest BCUT2D eigenvalue weighted by Crippen LogP contribution is 2.31. The molecule has 0 aromatic heterocycles. The lowest BCUT2D eigenvalue weighted by atomic mass is 9.88. The number of likely N-dealkylation sites (tertiary alicyclic amines) is 1. The largest absolute Gasteiger partial charge is 0.444 e. The molecule has 154 valence electrons. The van der Waals surface area contributed by atoms with E-state index in [1.54, 1.807) is 4.90 Å². The lowest BCUT2D eigenvalue weighted by Gasteiger charge is -2.36. The molecule has 0 aromatic carbocycles. The van der Waals surface area contributed by atoms with Crippen molar-refractivity contribution in [2.45, 2.75) is 103 Å². The van der Waals surface area contributed by atoms with Crippen LogP contribution in [0.5, 0.6) is 0 Å². The lowest BCUT2D eigenvalue weighted by Crippen LogP contribution is -2.51. The molecular formula is C21H37N3O3.